The second kappa shape index (κ2) is 8.19. The predicted octanol–water partition coefficient (Wildman–Crippen LogP) is 3.92. The second-order valence-electron chi connectivity index (χ2n) is 7.78. The fourth-order valence-electron chi connectivity index (χ4n) is 3.68. The van der Waals surface area contributed by atoms with E-state index in [0.29, 0.717) is 43.4 Å². The number of halogens is 5. The Morgan fingerprint density at radius 3 is 2.43 bits per heavy atom. The molecular weight excluding hydrogens is 424 g/mol. The number of aromatic nitrogens is 2. The van der Waals surface area contributed by atoms with Gasteiger partial charge in [0.2, 0.25) is 5.91 Å². The Kier molecular flexibility index (Phi) is 5.76. The van der Waals surface area contributed by atoms with Gasteiger partial charge in [-0.15, -0.1) is 0 Å². The van der Waals surface area contributed by atoms with Crippen molar-refractivity contribution in [2.24, 2.45) is 0 Å². The number of rotatable bonds is 5. The van der Waals surface area contributed by atoms with Crippen LogP contribution in [0.25, 0.3) is 0 Å². The normalized spacial score (nSPS) is 18.1. The third kappa shape index (κ3) is 4.78. The summed E-state index contributed by atoms with van der Waals surface area (Å²) in [7, 11) is 0. The number of amides is 1. The van der Waals surface area contributed by atoms with E-state index in [0.717, 1.165) is 24.5 Å². The lowest BCUT2D eigenvalue weighted by Crippen LogP contribution is -2.49. The van der Waals surface area contributed by atoms with Crippen LogP contribution in [-0.4, -0.2) is 51.7 Å². The van der Waals surface area contributed by atoms with Gasteiger partial charge in [0.05, 0.1) is 0 Å². The lowest BCUT2D eigenvalue weighted by Gasteiger charge is -2.35. The summed E-state index contributed by atoms with van der Waals surface area (Å²) in [5.41, 5.74) is 0.349. The van der Waals surface area contributed by atoms with Gasteiger partial charge in [-0.05, 0) is 36.6 Å². The van der Waals surface area contributed by atoms with Crippen LogP contribution in [-0.2, 0) is 24.1 Å². The van der Waals surface area contributed by atoms with Crippen molar-refractivity contribution in [3.8, 4) is 0 Å². The van der Waals surface area contributed by atoms with Gasteiger partial charge < -0.3 is 4.90 Å². The molecule has 4 rings (SSSR count). The molecule has 0 unspecified atom stereocenters. The van der Waals surface area contributed by atoms with Crippen LogP contribution >= 0.6 is 11.6 Å². The minimum Gasteiger partial charge on any atom is -0.339 e. The quantitative estimate of drug-likeness (QED) is 0.656. The van der Waals surface area contributed by atoms with Crippen molar-refractivity contribution in [2.45, 2.75) is 38.0 Å². The molecule has 10 heteroatoms. The number of nitrogens with zero attached hydrogens (tertiary/aromatic N) is 4. The number of hydrogen-bond donors (Lipinski definition) is 0. The molecule has 30 heavy (non-hydrogen) atoms. The van der Waals surface area contributed by atoms with E-state index >= 15 is 0 Å². The molecule has 0 N–H and O–H groups in total. The van der Waals surface area contributed by atoms with E-state index in [1.54, 1.807) is 11.0 Å². The Morgan fingerprint density at radius 1 is 1.13 bits per heavy atom. The third-order valence-corrected chi connectivity index (χ3v) is 5.87. The van der Waals surface area contributed by atoms with Gasteiger partial charge in [0.15, 0.2) is 5.69 Å². The van der Waals surface area contributed by atoms with E-state index in [1.807, 2.05) is 0 Å². The van der Waals surface area contributed by atoms with Gasteiger partial charge in [0.25, 0.3) is 0 Å². The van der Waals surface area contributed by atoms with E-state index < -0.39 is 17.7 Å². The van der Waals surface area contributed by atoms with Crippen molar-refractivity contribution in [3.63, 3.8) is 0 Å². The lowest BCUT2D eigenvalue weighted by molar-refractivity contribution is -0.142. The highest BCUT2D eigenvalue weighted by Gasteiger charge is 2.38. The summed E-state index contributed by atoms with van der Waals surface area (Å²) in [6.07, 6.45) is -2.88. The fourth-order valence-corrected chi connectivity index (χ4v) is 3.91. The van der Waals surface area contributed by atoms with Gasteiger partial charge in [-0.2, -0.15) is 18.3 Å². The largest absolute Gasteiger partial charge is 0.435 e. The van der Waals surface area contributed by atoms with Crippen LogP contribution in [0.4, 0.5) is 17.6 Å². The van der Waals surface area contributed by atoms with E-state index in [2.05, 4.69) is 10.00 Å². The summed E-state index contributed by atoms with van der Waals surface area (Å²) in [6.45, 7) is 2.48. The summed E-state index contributed by atoms with van der Waals surface area (Å²) < 4.78 is 53.5. The molecular formula is C20H21ClF4N4O. The van der Waals surface area contributed by atoms with Crippen molar-refractivity contribution in [1.82, 2.24) is 19.6 Å². The monoisotopic (exact) mass is 444 g/mol. The van der Waals surface area contributed by atoms with Crippen molar-refractivity contribution in [1.29, 1.82) is 0 Å². The van der Waals surface area contributed by atoms with Crippen molar-refractivity contribution < 1.29 is 22.4 Å². The molecule has 0 spiro atoms. The molecule has 1 aromatic carbocycles. The number of piperazine rings is 1. The summed E-state index contributed by atoms with van der Waals surface area (Å²) >= 11 is 6.08. The maximum atomic E-state index is 13.2. The Bertz CT molecular complexity index is 933. The van der Waals surface area contributed by atoms with Crippen LogP contribution in [0.15, 0.2) is 24.3 Å². The molecule has 1 aliphatic carbocycles. The first-order valence-electron chi connectivity index (χ1n) is 9.79. The number of alkyl halides is 3. The number of carbonyl (C=O) groups excluding carboxylic acids is 1. The second-order valence-corrected chi connectivity index (χ2v) is 8.18. The number of carbonyl (C=O) groups is 1. The summed E-state index contributed by atoms with van der Waals surface area (Å²) in [6, 6.07) is 5.34. The van der Waals surface area contributed by atoms with Crippen LogP contribution in [0.3, 0.4) is 0 Å². The molecule has 0 radical (unpaired) electrons. The third-order valence-electron chi connectivity index (χ3n) is 5.52. The maximum absolute atomic E-state index is 13.2. The Labute approximate surface area is 176 Å². The Morgan fingerprint density at radius 2 is 1.83 bits per heavy atom. The van der Waals surface area contributed by atoms with E-state index in [1.165, 1.54) is 16.8 Å². The average molecular weight is 445 g/mol. The minimum absolute atomic E-state index is 0.0544. The molecule has 1 saturated heterocycles. The molecule has 2 aliphatic rings. The van der Waals surface area contributed by atoms with Gasteiger partial charge in [0, 0.05) is 49.4 Å². The molecule has 2 fully saturated rings. The first kappa shape index (κ1) is 21.1. The van der Waals surface area contributed by atoms with Gasteiger partial charge in [-0.1, -0.05) is 17.7 Å². The number of benzene rings is 1. The zero-order valence-corrected chi connectivity index (χ0v) is 16.9. The van der Waals surface area contributed by atoms with Crippen LogP contribution in [0.2, 0.25) is 5.02 Å². The SMILES string of the molecule is O=C(Cn1nc(C(F)(F)F)cc1C1CC1)N1CCN(Cc2ccc(F)cc2Cl)CC1. The minimum atomic E-state index is -4.52. The topological polar surface area (TPSA) is 41.4 Å². The van der Waals surface area contributed by atoms with Gasteiger partial charge in [-0.25, -0.2) is 4.39 Å². The van der Waals surface area contributed by atoms with Gasteiger partial charge in [-0.3, -0.25) is 14.4 Å². The van der Waals surface area contributed by atoms with Gasteiger partial charge >= 0.3 is 6.18 Å². The fraction of sp³-hybridized carbons (Fsp3) is 0.500. The van der Waals surface area contributed by atoms with Crippen molar-refractivity contribution in [3.05, 3.63) is 52.1 Å². The van der Waals surface area contributed by atoms with E-state index in [-0.39, 0.29) is 18.4 Å². The highest BCUT2D eigenvalue weighted by molar-refractivity contribution is 6.31. The van der Waals surface area contributed by atoms with Crippen molar-refractivity contribution >= 4 is 17.5 Å². The Hall–Kier alpha value is -2.13. The molecule has 0 atom stereocenters. The maximum Gasteiger partial charge on any atom is 0.435 e. The predicted molar refractivity (Wildman–Crippen MR) is 102 cm³/mol. The zero-order valence-electron chi connectivity index (χ0n) is 16.1. The number of hydrogen-bond acceptors (Lipinski definition) is 3. The average Bonchev–Trinajstić information content (AvgIpc) is 3.43. The van der Waals surface area contributed by atoms with Crippen LogP contribution in [0.5, 0.6) is 0 Å². The van der Waals surface area contributed by atoms with E-state index in [9.17, 15) is 22.4 Å². The van der Waals surface area contributed by atoms with Gasteiger partial charge in [0.1, 0.15) is 12.4 Å². The van der Waals surface area contributed by atoms with Crippen molar-refractivity contribution in [2.75, 3.05) is 26.2 Å². The molecule has 162 valence electrons. The molecule has 2 heterocycles. The summed E-state index contributed by atoms with van der Waals surface area (Å²) in [4.78, 5) is 16.4. The summed E-state index contributed by atoms with van der Waals surface area (Å²) in [5.74, 6) is -0.580. The molecule has 1 aromatic heterocycles. The van der Waals surface area contributed by atoms with Crippen LogP contribution in [0.1, 0.15) is 35.7 Å². The van der Waals surface area contributed by atoms with Crippen LogP contribution < -0.4 is 0 Å². The first-order valence-corrected chi connectivity index (χ1v) is 10.2. The standard InChI is InChI=1S/C20H21ClF4N4O/c21-16-9-15(22)4-3-14(16)11-27-5-7-28(8-6-27)19(30)12-29-17(13-1-2-13)10-18(26-29)20(23,24)25/h3-4,9-10,13H,1-2,5-8,11-12H2. The Balaban J connectivity index is 1.35. The van der Waals surface area contributed by atoms with E-state index in [4.69, 9.17) is 11.6 Å². The molecule has 1 saturated carbocycles. The lowest BCUT2D eigenvalue weighted by atomic mass is 10.2. The molecule has 1 aliphatic heterocycles. The zero-order chi connectivity index (χ0) is 21.5. The molecule has 2 aromatic rings. The smallest absolute Gasteiger partial charge is 0.339 e. The molecule has 0 bridgehead atoms. The van der Waals surface area contributed by atoms with Crippen LogP contribution in [0, 0.1) is 5.82 Å². The molecule has 1 amide bonds. The summed E-state index contributed by atoms with van der Waals surface area (Å²) in [5, 5.41) is 4.01. The highest BCUT2D eigenvalue weighted by Crippen LogP contribution is 2.42. The first-order chi connectivity index (χ1) is 14.2. The highest BCUT2D eigenvalue weighted by atomic mass is 35.5. The molecule has 5 nitrogen and oxygen atoms in total.